The van der Waals surface area contributed by atoms with Crippen molar-refractivity contribution >= 4 is 44.9 Å². The number of fused-ring (bicyclic) bond motifs is 1. The zero-order valence-electron chi connectivity index (χ0n) is 16.9. The molecule has 1 N–H and O–H groups in total. The molecule has 4 rings (SSSR count). The van der Waals surface area contributed by atoms with E-state index in [1.54, 1.807) is 31.3 Å². The molecule has 2 aromatic carbocycles. The molecule has 4 aromatic rings. The minimum atomic E-state index is -0.215. The number of nitriles is 1. The van der Waals surface area contributed by atoms with E-state index in [0.717, 1.165) is 16.7 Å². The summed E-state index contributed by atoms with van der Waals surface area (Å²) in [7, 11) is 1.67. The first-order valence-corrected chi connectivity index (χ1v) is 11.3. The maximum absolute atomic E-state index is 12.8. The van der Waals surface area contributed by atoms with Crippen LogP contribution >= 0.6 is 23.1 Å². The first-order chi connectivity index (χ1) is 15.0. The van der Waals surface area contributed by atoms with Gasteiger partial charge in [0.15, 0.2) is 5.16 Å². The zero-order chi connectivity index (χ0) is 22.0. The summed E-state index contributed by atoms with van der Waals surface area (Å²) in [6.07, 6.45) is 0. The molecular formula is C23H18N4O2S2. The first-order valence-electron chi connectivity index (χ1n) is 9.44. The quantitative estimate of drug-likeness (QED) is 0.358. The van der Waals surface area contributed by atoms with Crippen LogP contribution in [0.1, 0.15) is 11.1 Å². The molecule has 31 heavy (non-hydrogen) atoms. The second-order valence-corrected chi connectivity index (χ2v) is 8.80. The number of hydrogen-bond donors (Lipinski definition) is 1. The number of aryl methyl sites for hydroxylation is 1. The van der Waals surface area contributed by atoms with Gasteiger partial charge in [-0.05, 0) is 36.8 Å². The van der Waals surface area contributed by atoms with E-state index in [0.29, 0.717) is 26.6 Å². The van der Waals surface area contributed by atoms with E-state index in [1.165, 1.54) is 27.7 Å². The number of amides is 1. The molecule has 8 heteroatoms. The van der Waals surface area contributed by atoms with Gasteiger partial charge in [-0.15, -0.1) is 11.3 Å². The molecular weight excluding hydrogens is 428 g/mol. The summed E-state index contributed by atoms with van der Waals surface area (Å²) in [6, 6.07) is 16.8. The Hall–Kier alpha value is -3.41. The molecule has 0 aliphatic heterocycles. The van der Waals surface area contributed by atoms with E-state index >= 15 is 0 Å². The summed E-state index contributed by atoms with van der Waals surface area (Å²) in [4.78, 5) is 29.9. The lowest BCUT2D eigenvalue weighted by Crippen LogP contribution is -2.20. The highest BCUT2D eigenvalue weighted by molar-refractivity contribution is 7.99. The number of aromatic nitrogens is 2. The number of rotatable bonds is 5. The van der Waals surface area contributed by atoms with E-state index in [-0.39, 0.29) is 17.2 Å². The minimum absolute atomic E-state index is 0.107. The van der Waals surface area contributed by atoms with E-state index in [4.69, 9.17) is 10.2 Å². The Balaban J connectivity index is 1.57. The van der Waals surface area contributed by atoms with Gasteiger partial charge in [0, 0.05) is 23.7 Å². The van der Waals surface area contributed by atoms with Gasteiger partial charge in [-0.1, -0.05) is 41.6 Å². The van der Waals surface area contributed by atoms with Gasteiger partial charge in [0.25, 0.3) is 5.56 Å². The number of hydrogen-bond acceptors (Lipinski definition) is 6. The standard InChI is InChI=1S/C23H18N4O2S2/c1-14-3-7-16(8-4-14)18-12-30-21-20(18)26-23(27(2)22(21)29)31-13-19(28)25-17-9-5-15(11-24)6-10-17/h3-10,12H,13H2,1-2H3,(H,25,28). The molecule has 154 valence electrons. The van der Waals surface area contributed by atoms with Crippen LogP contribution in [0.5, 0.6) is 0 Å². The summed E-state index contributed by atoms with van der Waals surface area (Å²) < 4.78 is 2.08. The van der Waals surface area contributed by atoms with Crippen LogP contribution in [0.25, 0.3) is 21.3 Å². The molecule has 0 aliphatic carbocycles. The molecule has 0 fully saturated rings. The monoisotopic (exact) mass is 446 g/mol. The lowest BCUT2D eigenvalue weighted by molar-refractivity contribution is -0.113. The van der Waals surface area contributed by atoms with Crippen LogP contribution in [0, 0.1) is 18.3 Å². The predicted molar refractivity (Wildman–Crippen MR) is 126 cm³/mol. The summed E-state index contributed by atoms with van der Waals surface area (Å²) in [5, 5.41) is 14.1. The smallest absolute Gasteiger partial charge is 0.271 e. The first kappa shape index (κ1) is 20.8. The Kier molecular flexibility index (Phi) is 5.89. The Morgan fingerprint density at radius 2 is 1.90 bits per heavy atom. The van der Waals surface area contributed by atoms with E-state index in [1.807, 2.05) is 42.6 Å². The highest BCUT2D eigenvalue weighted by Crippen LogP contribution is 2.32. The number of thiophene rings is 1. The normalized spacial score (nSPS) is 10.7. The highest BCUT2D eigenvalue weighted by Gasteiger charge is 2.16. The fourth-order valence-electron chi connectivity index (χ4n) is 3.05. The third kappa shape index (κ3) is 4.38. The number of thioether (sulfide) groups is 1. The average molecular weight is 447 g/mol. The third-order valence-corrected chi connectivity index (χ3v) is 6.74. The Morgan fingerprint density at radius 3 is 2.58 bits per heavy atom. The molecule has 0 aliphatic rings. The fourth-order valence-corrected chi connectivity index (χ4v) is 4.80. The van der Waals surface area contributed by atoms with Crippen molar-refractivity contribution in [3.63, 3.8) is 0 Å². The van der Waals surface area contributed by atoms with Gasteiger partial charge < -0.3 is 5.32 Å². The third-order valence-electron chi connectivity index (χ3n) is 4.75. The average Bonchev–Trinajstić information content (AvgIpc) is 3.20. The van der Waals surface area contributed by atoms with Crippen molar-refractivity contribution < 1.29 is 4.79 Å². The van der Waals surface area contributed by atoms with E-state index in [2.05, 4.69) is 5.32 Å². The highest BCUT2D eigenvalue weighted by atomic mass is 32.2. The number of carbonyl (C=O) groups is 1. The molecule has 0 saturated carbocycles. The van der Waals surface area contributed by atoms with E-state index < -0.39 is 0 Å². The zero-order valence-corrected chi connectivity index (χ0v) is 18.5. The van der Waals surface area contributed by atoms with Gasteiger partial charge in [-0.25, -0.2) is 4.98 Å². The molecule has 0 saturated heterocycles. The lowest BCUT2D eigenvalue weighted by Gasteiger charge is -2.09. The van der Waals surface area contributed by atoms with Crippen LogP contribution in [-0.2, 0) is 11.8 Å². The van der Waals surface area contributed by atoms with Gasteiger partial charge in [-0.2, -0.15) is 5.26 Å². The number of benzene rings is 2. The number of anilines is 1. The van der Waals surface area contributed by atoms with Crippen molar-refractivity contribution in [1.82, 2.24) is 9.55 Å². The van der Waals surface area contributed by atoms with Gasteiger partial charge in [0.05, 0.1) is 22.9 Å². The summed E-state index contributed by atoms with van der Waals surface area (Å²) in [5.41, 5.74) is 4.77. The molecule has 2 heterocycles. The Labute approximate surface area is 187 Å². The van der Waals surface area contributed by atoms with Crippen LogP contribution < -0.4 is 10.9 Å². The minimum Gasteiger partial charge on any atom is -0.325 e. The second kappa shape index (κ2) is 8.76. The molecule has 6 nitrogen and oxygen atoms in total. The summed E-state index contributed by atoms with van der Waals surface area (Å²) >= 11 is 2.60. The van der Waals surface area contributed by atoms with Gasteiger partial charge in [0.1, 0.15) is 4.70 Å². The van der Waals surface area contributed by atoms with Crippen molar-refractivity contribution in [1.29, 1.82) is 5.26 Å². The maximum Gasteiger partial charge on any atom is 0.271 e. The van der Waals surface area contributed by atoms with Crippen LogP contribution in [-0.4, -0.2) is 21.2 Å². The van der Waals surface area contributed by atoms with Crippen LogP contribution in [0.3, 0.4) is 0 Å². The summed E-state index contributed by atoms with van der Waals surface area (Å²) in [5.74, 6) is -0.108. The van der Waals surface area contributed by atoms with Crippen molar-refractivity contribution in [2.75, 3.05) is 11.1 Å². The molecule has 0 bridgehead atoms. The van der Waals surface area contributed by atoms with Crippen LogP contribution in [0.2, 0.25) is 0 Å². The van der Waals surface area contributed by atoms with Crippen molar-refractivity contribution in [2.45, 2.75) is 12.1 Å². The predicted octanol–water partition coefficient (Wildman–Crippen LogP) is 4.57. The molecule has 0 unspecified atom stereocenters. The largest absolute Gasteiger partial charge is 0.325 e. The lowest BCUT2D eigenvalue weighted by atomic mass is 10.1. The van der Waals surface area contributed by atoms with Gasteiger partial charge >= 0.3 is 0 Å². The Bertz CT molecular complexity index is 1360. The second-order valence-electron chi connectivity index (χ2n) is 6.98. The molecule has 2 aromatic heterocycles. The maximum atomic E-state index is 12.8. The molecule has 0 radical (unpaired) electrons. The molecule has 1 amide bonds. The fraction of sp³-hybridized carbons (Fsp3) is 0.130. The molecule has 0 spiro atoms. The Morgan fingerprint density at radius 1 is 1.19 bits per heavy atom. The van der Waals surface area contributed by atoms with Gasteiger partial charge in [-0.3, -0.25) is 14.2 Å². The number of nitrogens with one attached hydrogen (secondary N) is 1. The topological polar surface area (TPSA) is 87.8 Å². The summed E-state index contributed by atoms with van der Waals surface area (Å²) in [6.45, 7) is 2.03. The van der Waals surface area contributed by atoms with E-state index in [9.17, 15) is 9.59 Å². The van der Waals surface area contributed by atoms with Crippen LogP contribution in [0.4, 0.5) is 5.69 Å². The van der Waals surface area contributed by atoms with Crippen molar-refractivity contribution in [3.8, 4) is 17.2 Å². The number of carbonyl (C=O) groups excluding carboxylic acids is 1. The SMILES string of the molecule is Cc1ccc(-c2csc3c(=O)n(C)c(SCC(=O)Nc4ccc(C#N)cc4)nc23)cc1. The number of nitrogens with zero attached hydrogens (tertiary/aromatic N) is 3. The van der Waals surface area contributed by atoms with Gasteiger partial charge in [0.2, 0.25) is 5.91 Å². The van der Waals surface area contributed by atoms with Crippen LogP contribution in [0.15, 0.2) is 63.9 Å². The molecule has 0 atom stereocenters. The van der Waals surface area contributed by atoms with Crippen molar-refractivity contribution in [3.05, 3.63) is 75.4 Å². The van der Waals surface area contributed by atoms with Crippen molar-refractivity contribution in [2.24, 2.45) is 7.05 Å².